The van der Waals surface area contributed by atoms with Crippen LogP contribution in [-0.4, -0.2) is 181 Å². The number of carbonyl (C=O) groups is 2. The number of aliphatic hydroxyl groups excluding tert-OH is 4. The number of cyclic esters (lactones) is 1. The lowest BCUT2D eigenvalue weighted by atomic mass is 9.79. The van der Waals surface area contributed by atoms with Crippen LogP contribution in [-0.2, 0) is 49.3 Å². The van der Waals surface area contributed by atoms with Gasteiger partial charge in [-0.1, -0.05) is 55.8 Å². The summed E-state index contributed by atoms with van der Waals surface area (Å²) in [6.07, 6.45) is -3.38. The minimum atomic E-state index is -1.29. The number of allylic oxidation sites excluding steroid dienone is 3. The van der Waals surface area contributed by atoms with Crippen molar-refractivity contribution < 1.29 is 63.2 Å². The van der Waals surface area contributed by atoms with Gasteiger partial charge in [0, 0.05) is 63.9 Å². The predicted octanol–water partition coefficient (Wildman–Crippen LogP) is 3.39. The molecule has 0 saturated carbocycles. The average Bonchev–Trinajstić information content (AvgIpc) is 3.77. The highest BCUT2D eigenvalue weighted by Gasteiger charge is 2.48. The second kappa shape index (κ2) is 24.8. The number of aliphatic hydroxyl groups is 4. The third-order valence-corrected chi connectivity index (χ3v) is 13.7. The summed E-state index contributed by atoms with van der Waals surface area (Å²) in [5, 5.41) is 54.3. The first-order chi connectivity index (χ1) is 31.8. The Balaban J connectivity index is 1.47. The second-order valence-corrected chi connectivity index (χ2v) is 19.1. The standard InChI is InChI=1S/C49H77N5O13/c1-13-39-34(26-63-49-47(62-12)46(61-11)43(59)31(6)65-49)22-27(2)14-19-37(55)28(3)23-33(20-21-54-25-36(50-51-54)32-15-17-35(18-16-32)52(7)8)45(29(4)38(56)24-40(57)66-39)67-48-44(60)41(53(9)10)42(58)30(5)64-48/h14-19,22,25,28-31,33-34,38-39,41-49,56,58-60H,13,20-21,23-24,26H2,1-12H3/t28-,29+,30-,31?,33+,34-,38-,39-,41?,42-,43-,44?,45-,46+,47?,48+,49-/m1/s1. The van der Waals surface area contributed by atoms with E-state index in [2.05, 4.69) is 10.3 Å². The molecular weight excluding hydrogens is 867 g/mol. The predicted molar refractivity (Wildman–Crippen MR) is 250 cm³/mol. The van der Waals surface area contributed by atoms with E-state index in [0.29, 0.717) is 31.5 Å². The van der Waals surface area contributed by atoms with Crippen molar-refractivity contribution in [1.82, 2.24) is 19.9 Å². The number of ether oxygens (including phenoxy) is 7. The van der Waals surface area contributed by atoms with Crippen molar-refractivity contribution in [2.24, 2.45) is 23.7 Å². The summed E-state index contributed by atoms with van der Waals surface area (Å²) < 4.78 is 44.3. The lowest BCUT2D eigenvalue weighted by molar-refractivity contribution is -0.304. The van der Waals surface area contributed by atoms with Crippen molar-refractivity contribution in [3.63, 3.8) is 0 Å². The number of hydrogen-bond acceptors (Lipinski definition) is 17. The molecule has 0 aliphatic carbocycles. The van der Waals surface area contributed by atoms with Gasteiger partial charge < -0.3 is 63.4 Å². The molecule has 1 aromatic heterocycles. The third-order valence-electron chi connectivity index (χ3n) is 13.7. The van der Waals surface area contributed by atoms with Gasteiger partial charge >= 0.3 is 5.97 Å². The van der Waals surface area contributed by atoms with Crippen molar-refractivity contribution in [2.45, 2.75) is 153 Å². The monoisotopic (exact) mass is 944 g/mol. The lowest BCUT2D eigenvalue weighted by Crippen LogP contribution is -2.63. The normalized spacial score (nSPS) is 36.2. The molecule has 0 bridgehead atoms. The molecule has 17 atom stereocenters. The maximum Gasteiger partial charge on any atom is 0.308 e. The Morgan fingerprint density at radius 3 is 2.13 bits per heavy atom. The number of aryl methyl sites for hydroxylation is 1. The number of methoxy groups -OCH3 is 2. The molecule has 2 saturated heterocycles. The van der Waals surface area contributed by atoms with Gasteiger partial charge in [0.2, 0.25) is 0 Å². The number of hydrogen-bond donors (Lipinski definition) is 4. The molecule has 67 heavy (non-hydrogen) atoms. The van der Waals surface area contributed by atoms with Crippen LogP contribution in [0.2, 0.25) is 0 Å². The first-order valence-corrected chi connectivity index (χ1v) is 23.6. The Morgan fingerprint density at radius 1 is 0.851 bits per heavy atom. The van der Waals surface area contributed by atoms with Gasteiger partial charge in [-0.2, -0.15) is 0 Å². The Labute approximate surface area is 396 Å². The van der Waals surface area contributed by atoms with E-state index in [1.807, 2.05) is 76.3 Å². The number of carbonyl (C=O) groups excluding carboxylic acids is 2. The van der Waals surface area contributed by atoms with E-state index >= 15 is 0 Å². The molecular formula is C49H77N5O13. The van der Waals surface area contributed by atoms with Gasteiger partial charge in [0.25, 0.3) is 0 Å². The highest BCUT2D eigenvalue weighted by Crippen LogP contribution is 2.36. The molecule has 1 aromatic carbocycles. The summed E-state index contributed by atoms with van der Waals surface area (Å²) >= 11 is 0. The summed E-state index contributed by atoms with van der Waals surface area (Å²) in [5.41, 5.74) is 3.36. The van der Waals surface area contributed by atoms with Crippen molar-refractivity contribution >= 4 is 17.4 Å². The summed E-state index contributed by atoms with van der Waals surface area (Å²) in [6.45, 7) is 11.1. The molecule has 18 heteroatoms. The van der Waals surface area contributed by atoms with Crippen LogP contribution in [0.1, 0.15) is 67.2 Å². The van der Waals surface area contributed by atoms with Gasteiger partial charge in [-0.3, -0.25) is 14.3 Å². The van der Waals surface area contributed by atoms with E-state index in [9.17, 15) is 30.0 Å². The fourth-order valence-corrected chi connectivity index (χ4v) is 9.46. The number of benzene rings is 1. The third kappa shape index (κ3) is 13.8. The molecule has 4 heterocycles. The Kier molecular flexibility index (Phi) is 20.1. The molecule has 18 nitrogen and oxygen atoms in total. The zero-order valence-corrected chi connectivity index (χ0v) is 41.4. The first-order valence-electron chi connectivity index (χ1n) is 23.6. The fourth-order valence-electron chi connectivity index (χ4n) is 9.46. The van der Waals surface area contributed by atoms with E-state index in [4.69, 9.17) is 33.2 Å². The van der Waals surface area contributed by atoms with Gasteiger partial charge in [0.05, 0.1) is 55.8 Å². The molecule has 5 rings (SSSR count). The number of ketones is 1. The molecule has 0 spiro atoms. The molecule has 0 radical (unpaired) electrons. The molecule has 3 aliphatic rings. The molecule has 376 valence electrons. The van der Waals surface area contributed by atoms with Crippen LogP contribution in [0.5, 0.6) is 0 Å². The van der Waals surface area contributed by atoms with Gasteiger partial charge in [0.1, 0.15) is 36.2 Å². The smallest absolute Gasteiger partial charge is 0.308 e. The van der Waals surface area contributed by atoms with Crippen LogP contribution in [0.15, 0.2) is 54.3 Å². The minimum absolute atomic E-state index is 0.0163. The average molecular weight is 944 g/mol. The van der Waals surface area contributed by atoms with Gasteiger partial charge in [-0.05, 0) is 78.3 Å². The topological polar surface area (TPSA) is 217 Å². The quantitative estimate of drug-likeness (QED) is 0.200. The highest BCUT2D eigenvalue weighted by molar-refractivity contribution is 5.91. The number of rotatable bonds is 14. The van der Waals surface area contributed by atoms with E-state index in [1.165, 1.54) is 14.2 Å². The van der Waals surface area contributed by atoms with Crippen LogP contribution >= 0.6 is 0 Å². The maximum absolute atomic E-state index is 14.1. The minimum Gasteiger partial charge on any atom is -0.462 e. The molecule has 4 unspecified atom stereocenters. The van der Waals surface area contributed by atoms with Crippen molar-refractivity contribution in [1.29, 1.82) is 0 Å². The molecule has 0 amide bonds. The largest absolute Gasteiger partial charge is 0.462 e. The summed E-state index contributed by atoms with van der Waals surface area (Å²) in [6, 6.07) is 7.26. The van der Waals surface area contributed by atoms with Crippen LogP contribution in [0.4, 0.5) is 5.69 Å². The van der Waals surface area contributed by atoms with Gasteiger partial charge in [-0.15, -0.1) is 5.10 Å². The Morgan fingerprint density at radius 2 is 1.51 bits per heavy atom. The summed E-state index contributed by atoms with van der Waals surface area (Å²) in [5.74, 6) is -3.05. The number of likely N-dealkylation sites (N-methyl/N-ethyl adjacent to an activating group) is 1. The summed E-state index contributed by atoms with van der Waals surface area (Å²) in [4.78, 5) is 31.7. The Hall–Kier alpha value is -3.66. The fraction of sp³-hybridized carbons (Fsp3) is 0.714. The molecule has 2 fully saturated rings. The first kappa shape index (κ1) is 54.3. The second-order valence-electron chi connectivity index (χ2n) is 19.1. The van der Waals surface area contributed by atoms with E-state index in [-0.39, 0.29) is 18.8 Å². The maximum atomic E-state index is 14.1. The van der Waals surface area contributed by atoms with E-state index in [1.54, 1.807) is 56.6 Å². The molecule has 3 aliphatic heterocycles. The number of esters is 1. The van der Waals surface area contributed by atoms with Crippen molar-refractivity contribution in [3.05, 3.63) is 54.3 Å². The highest BCUT2D eigenvalue weighted by atomic mass is 16.7. The van der Waals surface area contributed by atoms with Gasteiger partial charge in [-0.25, -0.2) is 0 Å². The molecule has 2 aromatic rings. The molecule has 4 N–H and O–H groups in total. The van der Waals surface area contributed by atoms with Gasteiger partial charge in [0.15, 0.2) is 18.4 Å². The number of aromatic nitrogens is 3. The van der Waals surface area contributed by atoms with Crippen molar-refractivity contribution in [2.75, 3.05) is 53.9 Å². The zero-order valence-electron chi connectivity index (χ0n) is 41.4. The van der Waals surface area contributed by atoms with Crippen LogP contribution in [0.3, 0.4) is 0 Å². The van der Waals surface area contributed by atoms with E-state index in [0.717, 1.165) is 16.8 Å². The number of anilines is 1. The SMILES string of the molecule is CC[C@H]1OC(=O)C[C@@H](O)[C@H](C)[C@@H](O[C@@H]2O[C@H](C)[C@@H](O)C(N(C)C)C2O)[C@@H](CCn2cc(-c3ccc(N(C)C)cc3)nn2)C[C@@H](C)C(=O)C=CC(C)=C[C@@H]1CO[C@@H]1OC(C)[C@@H](O)[C@H](OC)C1OC. The Bertz CT molecular complexity index is 1930. The lowest BCUT2D eigenvalue weighted by Gasteiger charge is -2.46. The van der Waals surface area contributed by atoms with Crippen LogP contribution in [0, 0.1) is 23.7 Å². The van der Waals surface area contributed by atoms with Crippen molar-refractivity contribution in [3.8, 4) is 11.3 Å². The number of nitrogens with zero attached hydrogens (tertiary/aromatic N) is 5. The van der Waals surface area contributed by atoms with Crippen LogP contribution in [0.25, 0.3) is 11.3 Å². The summed E-state index contributed by atoms with van der Waals surface area (Å²) in [7, 11) is 10.4. The van der Waals surface area contributed by atoms with E-state index < -0.39 is 109 Å². The zero-order chi connectivity index (χ0) is 49.3. The van der Waals surface area contributed by atoms with Crippen LogP contribution < -0.4 is 4.90 Å².